The van der Waals surface area contributed by atoms with Gasteiger partial charge >= 0.3 is 18.1 Å². The fraction of sp³-hybridized carbons (Fsp3) is 0.543. The van der Waals surface area contributed by atoms with Gasteiger partial charge in [0.1, 0.15) is 18.2 Å². The quantitative estimate of drug-likeness (QED) is 0.0376. The van der Waals surface area contributed by atoms with E-state index in [2.05, 4.69) is 24.5 Å². The Morgan fingerprint density at radius 2 is 0.974 bits per heavy atom. The lowest BCUT2D eigenvalue weighted by molar-refractivity contribution is -0.202. The van der Waals surface area contributed by atoms with Crippen molar-refractivity contribution in [3.63, 3.8) is 0 Å². The molecule has 0 radical (unpaired) electrons. The zero-order chi connectivity index (χ0) is 85.0. The summed E-state index contributed by atoms with van der Waals surface area (Å²) >= 11 is 0. The Labute approximate surface area is 680 Å². The number of rotatable bonds is 23. The molecule has 20 atom stereocenters. The van der Waals surface area contributed by atoms with Gasteiger partial charge in [0, 0.05) is 92.5 Å². The molecule has 8 fully saturated rings. The van der Waals surface area contributed by atoms with Gasteiger partial charge in [0.15, 0.2) is 47.7 Å². The zero-order valence-electron chi connectivity index (χ0n) is 68.5. The maximum absolute atomic E-state index is 14.7. The maximum Gasteiger partial charge on any atom is 0.490 e. The number of ether oxygens (including phenoxy) is 5. The number of allylic oxidation sites excluding steroid dienone is 8. The van der Waals surface area contributed by atoms with Crippen LogP contribution in [0.1, 0.15) is 179 Å². The second kappa shape index (κ2) is 34.1. The van der Waals surface area contributed by atoms with E-state index in [1.165, 1.54) is 0 Å². The molecule has 10 aliphatic rings. The Morgan fingerprint density at radius 1 is 0.581 bits per heavy atom. The van der Waals surface area contributed by atoms with Gasteiger partial charge in [-0.1, -0.05) is 165 Å². The van der Waals surface area contributed by atoms with Crippen LogP contribution in [0.2, 0.25) is 0 Å². The number of fused-ring (bicyclic) bond motifs is 14. The molecule has 4 aromatic carbocycles. The molecule has 2 aliphatic heterocycles. The van der Waals surface area contributed by atoms with Gasteiger partial charge in [0.25, 0.3) is 0 Å². The van der Waals surface area contributed by atoms with Crippen molar-refractivity contribution in [2.24, 2.45) is 80.8 Å². The number of anilines is 2. The van der Waals surface area contributed by atoms with Crippen molar-refractivity contribution in [3.8, 4) is 0 Å². The number of carboxylic acids is 1. The summed E-state index contributed by atoms with van der Waals surface area (Å²) in [6.07, 6.45) is 7.63. The molecule has 2 saturated heterocycles. The summed E-state index contributed by atoms with van der Waals surface area (Å²) in [6, 6.07) is 31.1. The third kappa shape index (κ3) is 17.0. The number of carbonyl (C=O) groups is 10. The number of alkyl halides is 3. The average Bonchev–Trinajstić information content (AvgIpc) is 1.52. The van der Waals surface area contributed by atoms with Crippen molar-refractivity contribution in [1.29, 1.82) is 0 Å². The summed E-state index contributed by atoms with van der Waals surface area (Å²) in [5.41, 5.74) is 3.67. The number of Topliss-reactive ketones (excluding diaryl/α,β-unsaturated/α-hetero) is 4. The van der Waals surface area contributed by atoms with Crippen molar-refractivity contribution in [3.05, 3.63) is 178 Å². The molecule has 628 valence electrons. The van der Waals surface area contributed by atoms with Gasteiger partial charge in [-0.25, -0.2) is 4.79 Å². The number of carbonyl (C=O) groups excluding carboxylic acids is 9. The third-order valence-electron chi connectivity index (χ3n) is 27.4. The van der Waals surface area contributed by atoms with Crippen LogP contribution in [0.25, 0.3) is 0 Å². The first-order valence-electron chi connectivity index (χ1n) is 40.8. The second-order valence-electron chi connectivity index (χ2n) is 35.9. The van der Waals surface area contributed by atoms with Crippen LogP contribution in [0.15, 0.2) is 145 Å². The van der Waals surface area contributed by atoms with Crippen molar-refractivity contribution in [2.75, 3.05) is 44.5 Å². The van der Waals surface area contributed by atoms with E-state index in [4.69, 9.17) is 33.6 Å². The van der Waals surface area contributed by atoms with Gasteiger partial charge in [0.05, 0.1) is 31.0 Å². The number of aliphatic hydroxyl groups excluding tert-OH is 3. The molecule has 22 nitrogen and oxygen atoms in total. The SMILES string of the molecule is CC(C)C(=O)C[C@@H](C)C(=O)Nc1cccc(Cc2ccc([C@@H]3O[C@@H]4C[C@H]5[C@@H]6CCC7=CC(=O)C=C[C@]7(C)[C@H]6[C@@H](O)C[C@]5(C)[C@]4(C(=O)CO)O3)cc2)c1.CC(C)C(=O)C[C@@H](C)C(=O)Nc1cccc(Cc2ccc([C@@H]3O[C@@H]4C[C@H]5[C@@H]6CCC7=CC(=O)C=C[C@]7(C)[C@H]6[C@@H](O)C[C@]5(C)[C@]4(C(=O)COC(=O)CN(C)C)O3)cc2)c1.O=C(O)C(F)(F)F. The summed E-state index contributed by atoms with van der Waals surface area (Å²) in [6.45, 7) is 18.1. The highest BCUT2D eigenvalue weighted by Gasteiger charge is 2.78. The molecule has 0 spiro atoms. The molecule has 25 heteroatoms. The molecule has 6 saturated carbocycles. The fourth-order valence-corrected chi connectivity index (χ4v) is 21.5. The first-order valence-corrected chi connectivity index (χ1v) is 40.8. The third-order valence-corrected chi connectivity index (χ3v) is 27.4. The van der Waals surface area contributed by atoms with Gasteiger partial charge < -0.3 is 54.7 Å². The average molecular weight is 1620 g/mol. The molecule has 117 heavy (non-hydrogen) atoms. The minimum Gasteiger partial charge on any atom is -0.475 e. The van der Waals surface area contributed by atoms with Gasteiger partial charge in [-0.15, -0.1) is 0 Å². The summed E-state index contributed by atoms with van der Waals surface area (Å²) in [4.78, 5) is 126. The van der Waals surface area contributed by atoms with Gasteiger partial charge in [-0.3, -0.25) is 48.1 Å². The number of nitrogens with one attached hydrogen (secondary N) is 2. The number of aliphatic carboxylic acids is 1. The maximum atomic E-state index is 14.7. The van der Waals surface area contributed by atoms with Crippen molar-refractivity contribution in [2.45, 2.75) is 201 Å². The van der Waals surface area contributed by atoms with E-state index in [9.17, 15) is 71.6 Å². The normalized spacial score (nSPS) is 32.6. The number of aliphatic hydroxyl groups is 3. The van der Waals surface area contributed by atoms with E-state index in [-0.39, 0.29) is 107 Å². The predicted octanol–water partition coefficient (Wildman–Crippen LogP) is 12.9. The van der Waals surface area contributed by atoms with E-state index in [1.54, 1.807) is 57.1 Å². The van der Waals surface area contributed by atoms with Crippen LogP contribution in [0.5, 0.6) is 0 Å². The smallest absolute Gasteiger partial charge is 0.475 e. The van der Waals surface area contributed by atoms with E-state index in [1.807, 2.05) is 151 Å². The Bertz CT molecular complexity index is 4640. The highest BCUT2D eigenvalue weighted by atomic mass is 19.4. The van der Waals surface area contributed by atoms with Gasteiger partial charge in [-0.2, -0.15) is 13.2 Å². The minimum atomic E-state index is -5.08. The summed E-state index contributed by atoms with van der Waals surface area (Å²) in [7, 11) is 3.51. The minimum absolute atomic E-state index is 0.0116. The van der Waals surface area contributed by atoms with Crippen molar-refractivity contribution >= 4 is 69.8 Å². The summed E-state index contributed by atoms with van der Waals surface area (Å²) in [5, 5.41) is 47.3. The molecule has 2 heterocycles. The van der Waals surface area contributed by atoms with Crippen LogP contribution in [0.4, 0.5) is 24.5 Å². The van der Waals surface area contributed by atoms with Crippen LogP contribution < -0.4 is 10.6 Å². The summed E-state index contributed by atoms with van der Waals surface area (Å²) in [5.74, 6) is -5.49. The van der Waals surface area contributed by atoms with Crippen molar-refractivity contribution in [1.82, 2.24) is 4.90 Å². The molecule has 4 aromatic rings. The van der Waals surface area contributed by atoms with Crippen LogP contribution in [-0.2, 0) is 84.5 Å². The lowest BCUT2D eigenvalue weighted by Gasteiger charge is -2.59. The van der Waals surface area contributed by atoms with Crippen LogP contribution >= 0.6 is 0 Å². The number of likely N-dealkylation sites (N-methyl/N-ethyl adjacent to an activating group) is 1. The second-order valence-corrected chi connectivity index (χ2v) is 35.9. The highest BCUT2D eigenvalue weighted by Crippen LogP contribution is 2.73. The molecule has 2 amide bonds. The molecular weight excluding hydrogens is 1510 g/mol. The monoisotopic (exact) mass is 1620 g/mol. The molecule has 8 aliphatic carbocycles. The number of halogens is 3. The number of amides is 2. The molecule has 6 N–H and O–H groups in total. The predicted molar refractivity (Wildman–Crippen MR) is 426 cm³/mol. The molecule has 14 rings (SSSR count). The first-order chi connectivity index (χ1) is 55.1. The van der Waals surface area contributed by atoms with Crippen LogP contribution in [-0.4, -0.2) is 159 Å². The van der Waals surface area contributed by atoms with Gasteiger partial charge in [0.2, 0.25) is 17.6 Å². The summed E-state index contributed by atoms with van der Waals surface area (Å²) < 4.78 is 64.3. The van der Waals surface area contributed by atoms with E-state index < -0.39 is 119 Å². The molecule has 0 aromatic heterocycles. The zero-order valence-corrected chi connectivity index (χ0v) is 68.5. The Morgan fingerprint density at radius 3 is 1.34 bits per heavy atom. The molecular formula is C92H110F3N3O19. The van der Waals surface area contributed by atoms with Crippen molar-refractivity contribution < 1.29 is 105 Å². The highest BCUT2D eigenvalue weighted by molar-refractivity contribution is 6.02. The number of esters is 1. The molecule has 0 unspecified atom stereocenters. The number of carboxylic acid groups (broad SMARTS) is 1. The lowest BCUT2D eigenvalue weighted by atomic mass is 9.46. The topological polar surface area (TPSA) is 325 Å². The Hall–Kier alpha value is -8.79. The lowest BCUT2D eigenvalue weighted by Crippen LogP contribution is -2.63. The van der Waals surface area contributed by atoms with Gasteiger partial charge in [-0.05, 0) is 173 Å². The molecule has 0 bridgehead atoms. The van der Waals surface area contributed by atoms with E-state index in [0.29, 0.717) is 49.9 Å². The van der Waals surface area contributed by atoms with E-state index >= 15 is 0 Å². The van der Waals surface area contributed by atoms with E-state index in [0.717, 1.165) is 70.2 Å². The fourth-order valence-electron chi connectivity index (χ4n) is 21.5. The number of hydrogen-bond donors (Lipinski definition) is 6. The number of benzene rings is 4. The number of hydrogen-bond acceptors (Lipinski definition) is 19. The van der Waals surface area contributed by atoms with Crippen LogP contribution in [0, 0.1) is 80.8 Å². The first kappa shape index (κ1) is 87.5. The largest absolute Gasteiger partial charge is 0.490 e. The standard InChI is InChI=1S/C47H58N2O9.C43H51NO8.C2HF3O2/c1-27(2)37(51)19-28(3)43(55)48-33-10-8-9-30(21-33)20-29-11-13-31(14-12-29)44-57-40-23-36-35-16-15-32-22-34(50)17-18-45(32,4)42(35)38(52)24-46(36,5)47(40,58-44)39(53)26-56-41(54)25-49(6)7;1-24(2)34(47)17-25(3)39(50)44-30-8-6-7-27(19-30)18-26-9-11-28(12-10-26)40-51-37-21-33-32-14-13-29-20-31(46)15-16-41(29,4)38(32)35(48)22-42(33,5)43(37,52-40)36(49)23-45;3-2(4,5)1(6)7/h8-14,17-18,21-22,27-28,35-36,38,40,42,44,52H,15-16,19-20,23-26H2,1-7H3,(H,48,55);6-12,15-16,19-20,24-25,32-33,35,37-38,40,45,48H,13-14,17-18,21-23H2,1-5H3,(H,44,50);(H,6,7)/t28-,35+,36+,38+,40-,42-,44-,45+,46+,47-;25-,32+,33+,35+,37-,38-,40-,41+,42+,43-;/m11./s1. The number of ketones is 6. The Kier molecular flexibility index (Phi) is 25.5. The Balaban J connectivity index is 0.000000200. The van der Waals surface area contributed by atoms with Crippen LogP contribution in [0.3, 0.4) is 0 Å². The number of nitrogens with zero attached hydrogens (tertiary/aromatic N) is 1.